The van der Waals surface area contributed by atoms with Crippen molar-refractivity contribution >= 4 is 17.4 Å². The maximum atomic E-state index is 11.8. The summed E-state index contributed by atoms with van der Waals surface area (Å²) in [5.74, 6) is 0.120. The van der Waals surface area contributed by atoms with Crippen molar-refractivity contribution in [3.05, 3.63) is 23.0 Å². The van der Waals surface area contributed by atoms with Crippen LogP contribution in [0.5, 0.6) is 0 Å². The van der Waals surface area contributed by atoms with Crippen LogP contribution in [0.15, 0.2) is 12.3 Å². The molecular formula is C10H14ClNO. The molecule has 0 radical (unpaired) electrons. The molecule has 13 heavy (non-hydrogen) atoms. The summed E-state index contributed by atoms with van der Waals surface area (Å²) in [6, 6.07) is 1.70. The Hall–Kier alpha value is -0.760. The van der Waals surface area contributed by atoms with Gasteiger partial charge in [0.05, 0.1) is 0 Å². The summed E-state index contributed by atoms with van der Waals surface area (Å²) in [6.45, 7) is 5.70. The first-order valence-electron chi connectivity index (χ1n) is 4.19. The molecule has 0 amide bonds. The second-order valence-electron chi connectivity index (χ2n) is 4.24. The monoisotopic (exact) mass is 199 g/mol. The Bertz CT molecular complexity index is 314. The molecule has 0 saturated heterocycles. The lowest BCUT2D eigenvalue weighted by Gasteiger charge is -2.14. The van der Waals surface area contributed by atoms with E-state index in [2.05, 4.69) is 0 Å². The third kappa shape index (κ3) is 2.13. The van der Waals surface area contributed by atoms with Gasteiger partial charge in [-0.15, -0.1) is 0 Å². The van der Waals surface area contributed by atoms with Gasteiger partial charge in [-0.1, -0.05) is 32.4 Å². The first kappa shape index (κ1) is 10.3. The highest BCUT2D eigenvalue weighted by molar-refractivity contribution is 6.30. The molecule has 0 spiro atoms. The molecule has 1 heterocycles. The fourth-order valence-corrected chi connectivity index (χ4v) is 1.26. The van der Waals surface area contributed by atoms with Crippen molar-refractivity contribution in [3.8, 4) is 0 Å². The smallest absolute Gasteiger partial charge is 0.169 e. The minimum atomic E-state index is -0.343. The van der Waals surface area contributed by atoms with E-state index in [1.165, 1.54) is 0 Å². The molecular weight excluding hydrogens is 186 g/mol. The van der Waals surface area contributed by atoms with Crippen molar-refractivity contribution in [1.82, 2.24) is 4.57 Å². The van der Waals surface area contributed by atoms with Gasteiger partial charge in [-0.2, -0.15) is 0 Å². The Morgan fingerprint density at radius 3 is 2.31 bits per heavy atom. The number of nitrogens with zero attached hydrogens (tertiary/aromatic N) is 1. The second-order valence-corrected chi connectivity index (χ2v) is 4.63. The summed E-state index contributed by atoms with van der Waals surface area (Å²) in [5.41, 5.74) is 0.338. The highest BCUT2D eigenvalue weighted by Gasteiger charge is 2.23. The molecule has 0 fully saturated rings. The number of hydrogen-bond donors (Lipinski definition) is 0. The second kappa shape index (κ2) is 3.18. The van der Waals surface area contributed by atoms with Crippen LogP contribution in [0.3, 0.4) is 0 Å². The van der Waals surface area contributed by atoms with Crippen molar-refractivity contribution in [2.24, 2.45) is 12.5 Å². The molecule has 2 nitrogen and oxygen atoms in total. The first-order valence-corrected chi connectivity index (χ1v) is 4.57. The zero-order chi connectivity index (χ0) is 10.2. The molecule has 0 aliphatic rings. The van der Waals surface area contributed by atoms with E-state index in [1.807, 2.05) is 27.8 Å². The van der Waals surface area contributed by atoms with Crippen molar-refractivity contribution in [2.45, 2.75) is 20.8 Å². The maximum absolute atomic E-state index is 11.8. The van der Waals surface area contributed by atoms with Crippen LogP contribution < -0.4 is 0 Å². The molecule has 0 atom stereocenters. The van der Waals surface area contributed by atoms with Gasteiger partial charge in [0.25, 0.3) is 0 Å². The number of ketones is 1. The van der Waals surface area contributed by atoms with Gasteiger partial charge in [-0.05, 0) is 6.07 Å². The average Bonchev–Trinajstić information content (AvgIpc) is 2.29. The van der Waals surface area contributed by atoms with E-state index >= 15 is 0 Å². The number of Topliss-reactive ketones (excluding diaryl/α,β-unsaturated/α-hetero) is 1. The lowest BCUT2D eigenvalue weighted by atomic mass is 9.88. The highest BCUT2D eigenvalue weighted by Crippen LogP contribution is 2.23. The van der Waals surface area contributed by atoms with Crippen LogP contribution in [0, 0.1) is 5.41 Å². The summed E-state index contributed by atoms with van der Waals surface area (Å²) in [6.07, 6.45) is 1.76. The number of aryl methyl sites for hydroxylation is 1. The van der Waals surface area contributed by atoms with E-state index in [0.29, 0.717) is 10.7 Å². The maximum Gasteiger partial charge on any atom is 0.169 e. The Kier molecular flexibility index (Phi) is 2.53. The fraction of sp³-hybridized carbons (Fsp3) is 0.500. The normalized spacial score (nSPS) is 11.8. The van der Waals surface area contributed by atoms with Crippen LogP contribution in [0.1, 0.15) is 31.1 Å². The molecule has 1 aromatic rings. The van der Waals surface area contributed by atoms with E-state index in [-0.39, 0.29) is 11.2 Å². The summed E-state index contributed by atoms with van der Waals surface area (Å²) < 4.78 is 1.74. The van der Waals surface area contributed by atoms with Gasteiger partial charge in [-0.25, -0.2) is 0 Å². The third-order valence-corrected chi connectivity index (χ3v) is 2.26. The van der Waals surface area contributed by atoms with E-state index < -0.39 is 0 Å². The Labute approximate surface area is 83.5 Å². The van der Waals surface area contributed by atoms with Crippen LogP contribution in [0.4, 0.5) is 0 Å². The number of rotatable bonds is 1. The molecule has 72 valence electrons. The van der Waals surface area contributed by atoms with Crippen molar-refractivity contribution in [1.29, 1.82) is 0 Å². The van der Waals surface area contributed by atoms with Crippen molar-refractivity contribution < 1.29 is 4.79 Å². The van der Waals surface area contributed by atoms with Gasteiger partial charge in [0.1, 0.15) is 5.15 Å². The molecule has 0 N–H and O–H groups in total. The minimum Gasteiger partial charge on any atom is -0.341 e. The standard InChI is InChI=1S/C10H14ClNO/c1-10(2,3)9(13)7-5-8(11)12(4)6-7/h5-6H,1-4H3. The molecule has 1 rings (SSSR count). The van der Waals surface area contributed by atoms with Gasteiger partial charge in [-0.3, -0.25) is 4.79 Å². The van der Waals surface area contributed by atoms with Crippen LogP contribution in [-0.2, 0) is 7.05 Å². The molecule has 3 heteroatoms. The SMILES string of the molecule is Cn1cc(C(=O)C(C)(C)C)cc1Cl. The summed E-state index contributed by atoms with van der Waals surface area (Å²) in [5, 5.41) is 0.590. The zero-order valence-electron chi connectivity index (χ0n) is 8.39. The lowest BCUT2D eigenvalue weighted by molar-refractivity contribution is 0.0858. The highest BCUT2D eigenvalue weighted by atomic mass is 35.5. The number of carbonyl (C=O) groups is 1. The Morgan fingerprint density at radius 2 is 2.00 bits per heavy atom. The van der Waals surface area contributed by atoms with Crippen LogP contribution in [0.25, 0.3) is 0 Å². The first-order chi connectivity index (χ1) is 5.82. The largest absolute Gasteiger partial charge is 0.341 e. The summed E-state index contributed by atoms with van der Waals surface area (Å²) >= 11 is 5.83. The predicted octanol–water partition coefficient (Wildman–Crippen LogP) is 2.91. The average molecular weight is 200 g/mol. The quantitative estimate of drug-likeness (QED) is 0.638. The molecule has 0 aromatic carbocycles. The van der Waals surface area contributed by atoms with Gasteiger partial charge in [0.2, 0.25) is 0 Å². The van der Waals surface area contributed by atoms with Crippen LogP contribution >= 0.6 is 11.6 Å². The van der Waals surface area contributed by atoms with Gasteiger partial charge >= 0.3 is 0 Å². The minimum absolute atomic E-state index is 0.120. The van der Waals surface area contributed by atoms with E-state index in [1.54, 1.807) is 16.8 Å². The third-order valence-electron chi connectivity index (χ3n) is 1.89. The van der Waals surface area contributed by atoms with E-state index in [4.69, 9.17) is 11.6 Å². The molecule has 0 unspecified atom stereocenters. The molecule has 0 saturated carbocycles. The molecule has 1 aromatic heterocycles. The fourth-order valence-electron chi connectivity index (χ4n) is 1.09. The summed E-state index contributed by atoms with van der Waals surface area (Å²) in [7, 11) is 1.82. The number of carbonyl (C=O) groups excluding carboxylic acids is 1. The van der Waals surface area contributed by atoms with Crippen LogP contribution in [0.2, 0.25) is 5.15 Å². The van der Waals surface area contributed by atoms with Crippen molar-refractivity contribution in [3.63, 3.8) is 0 Å². The van der Waals surface area contributed by atoms with Gasteiger partial charge < -0.3 is 4.57 Å². The number of halogens is 1. The number of aromatic nitrogens is 1. The lowest BCUT2D eigenvalue weighted by Crippen LogP contribution is -2.19. The van der Waals surface area contributed by atoms with Gasteiger partial charge in [0, 0.05) is 24.2 Å². The predicted molar refractivity (Wildman–Crippen MR) is 54.2 cm³/mol. The van der Waals surface area contributed by atoms with Crippen molar-refractivity contribution in [2.75, 3.05) is 0 Å². The zero-order valence-corrected chi connectivity index (χ0v) is 9.14. The van der Waals surface area contributed by atoms with Gasteiger partial charge in [0.15, 0.2) is 5.78 Å². The molecule has 0 aliphatic carbocycles. The molecule has 0 bridgehead atoms. The van der Waals surface area contributed by atoms with E-state index in [0.717, 1.165) is 0 Å². The number of hydrogen-bond acceptors (Lipinski definition) is 1. The van der Waals surface area contributed by atoms with E-state index in [9.17, 15) is 4.79 Å². The van der Waals surface area contributed by atoms with Crippen LogP contribution in [-0.4, -0.2) is 10.4 Å². The Balaban J connectivity index is 3.03. The Morgan fingerprint density at radius 1 is 1.46 bits per heavy atom. The molecule has 0 aliphatic heterocycles. The topological polar surface area (TPSA) is 22.0 Å². The summed E-state index contributed by atoms with van der Waals surface area (Å²) in [4.78, 5) is 11.8.